The Morgan fingerprint density at radius 3 is 1.11 bits per heavy atom. The summed E-state index contributed by atoms with van der Waals surface area (Å²) in [6.07, 6.45) is 0. The molecule has 0 radical (unpaired) electrons. The average Bonchev–Trinajstić information content (AvgIpc) is 3.88. The summed E-state index contributed by atoms with van der Waals surface area (Å²) in [5.74, 6) is 0. The highest BCUT2D eigenvalue weighted by atomic mass is 32.4. The van der Waals surface area contributed by atoms with E-state index < -0.39 is 12.1 Å². The summed E-state index contributed by atoms with van der Waals surface area (Å²) >= 11 is 13.7. The summed E-state index contributed by atoms with van der Waals surface area (Å²) in [7, 11) is 0. The van der Waals surface area contributed by atoms with E-state index >= 15 is 0 Å². The van der Waals surface area contributed by atoms with E-state index in [1.807, 2.05) is 36.4 Å². The van der Waals surface area contributed by atoms with E-state index in [2.05, 4.69) is 202 Å². The molecule has 2 heterocycles. The van der Waals surface area contributed by atoms with E-state index in [9.17, 15) is 5.26 Å². The van der Waals surface area contributed by atoms with Gasteiger partial charge in [0.25, 0.3) is 0 Å². The van der Waals surface area contributed by atoms with Gasteiger partial charge in [-0.3, -0.25) is 0 Å². The first-order chi connectivity index (χ1) is 31.4. The molecule has 0 amide bonds. The average molecular weight is 891 g/mol. The van der Waals surface area contributed by atoms with Crippen LogP contribution in [0.5, 0.6) is 0 Å². The normalized spacial score (nSPS) is 11.8. The molecule has 0 N–H and O–H groups in total. The second-order valence-electron chi connectivity index (χ2n) is 15.8. The Morgan fingerprint density at radius 2 is 0.734 bits per heavy atom. The van der Waals surface area contributed by atoms with E-state index in [0.29, 0.717) is 11.3 Å². The molecule has 0 aliphatic carbocycles. The van der Waals surface area contributed by atoms with Gasteiger partial charge in [0.15, 0.2) is 0 Å². The molecule has 9 aromatic carbocycles. The fourth-order valence-corrected chi connectivity index (χ4v) is 16.9. The number of hydrogen-bond donors (Lipinski definition) is 0. The Labute approximate surface area is 381 Å². The van der Waals surface area contributed by atoms with Gasteiger partial charge in [0.05, 0.1) is 51.6 Å². The summed E-state index contributed by atoms with van der Waals surface area (Å²) in [5, 5.41) is 21.6. The number of rotatable bonds is 8. The molecule has 0 spiro atoms. The van der Waals surface area contributed by atoms with Crippen molar-refractivity contribution < 1.29 is 0 Å². The minimum Gasteiger partial charge on any atom is -0.308 e. The number of hydrogen-bond acceptors (Lipinski definition) is 3. The summed E-state index contributed by atoms with van der Waals surface area (Å²) in [4.78, 5) is 3.92. The van der Waals surface area contributed by atoms with Crippen molar-refractivity contribution in [2.24, 2.45) is 0 Å². The second kappa shape index (κ2) is 15.9. The minimum absolute atomic E-state index is 0.293. The summed E-state index contributed by atoms with van der Waals surface area (Å²) in [5.41, 5.74) is 6.11. The fourth-order valence-electron chi connectivity index (χ4n) is 9.38. The van der Waals surface area contributed by atoms with E-state index in [1.54, 1.807) is 0 Å². The first-order valence-electron chi connectivity index (χ1n) is 20.9. The van der Waals surface area contributed by atoms with Crippen molar-refractivity contribution in [1.82, 2.24) is 9.13 Å². The third kappa shape index (κ3) is 6.15. The summed E-state index contributed by atoms with van der Waals surface area (Å²) < 4.78 is 4.51. The molecule has 0 saturated heterocycles. The molecule has 0 fully saturated rings. The molecule has 2 aromatic heterocycles. The first-order valence-corrected chi connectivity index (χ1v) is 26.5. The molecular weight excluding hydrogens is 855 g/mol. The lowest BCUT2D eigenvalue weighted by Gasteiger charge is -2.24. The highest BCUT2D eigenvalue weighted by molar-refractivity contribution is 8.26. The quantitative estimate of drug-likeness (QED) is 0.113. The van der Waals surface area contributed by atoms with Gasteiger partial charge in [0.2, 0.25) is 5.69 Å². The molecule has 0 aliphatic heterocycles. The van der Waals surface area contributed by atoms with Crippen molar-refractivity contribution in [1.29, 1.82) is 5.26 Å². The van der Waals surface area contributed by atoms with Crippen LogP contribution >= 0.6 is 12.1 Å². The Hall–Kier alpha value is -7.14. The SMILES string of the molecule is [C-]#[N+]c1cc(-n2c3ccccc3c3cc(P(=S)(c4ccccc4)c4ccccc4)ccc32)c(-n2c3ccccc3c3cc(P(=S)(c4ccccc4)c4ccccc4)ccc32)cc1C#N. The lowest BCUT2D eigenvalue weighted by molar-refractivity contribution is 1.09. The van der Waals surface area contributed by atoms with Crippen LogP contribution in [-0.4, -0.2) is 9.13 Å². The van der Waals surface area contributed by atoms with Gasteiger partial charge < -0.3 is 9.13 Å². The zero-order chi connectivity index (χ0) is 43.4. The second-order valence-corrected chi connectivity index (χ2v) is 24.6. The molecule has 8 heteroatoms. The maximum Gasteiger partial charge on any atom is 0.206 e. The van der Waals surface area contributed by atoms with Crippen LogP contribution < -0.4 is 31.8 Å². The predicted molar refractivity (Wildman–Crippen MR) is 278 cm³/mol. The smallest absolute Gasteiger partial charge is 0.206 e. The van der Waals surface area contributed by atoms with Crippen LogP contribution in [0.2, 0.25) is 0 Å². The summed E-state index contributed by atoms with van der Waals surface area (Å²) in [6, 6.07) is 73.4. The third-order valence-electron chi connectivity index (χ3n) is 12.3. The molecule has 4 nitrogen and oxygen atoms in total. The van der Waals surface area contributed by atoms with Crippen LogP contribution in [0.15, 0.2) is 218 Å². The lowest BCUT2D eigenvalue weighted by atomic mass is 10.1. The van der Waals surface area contributed by atoms with E-state index in [0.717, 1.165) is 86.8 Å². The molecule has 11 rings (SSSR count). The van der Waals surface area contributed by atoms with Crippen LogP contribution in [-0.2, 0) is 23.6 Å². The van der Waals surface area contributed by atoms with Gasteiger partial charge in [0, 0.05) is 33.6 Å². The van der Waals surface area contributed by atoms with Crippen molar-refractivity contribution in [2.75, 3.05) is 0 Å². The van der Waals surface area contributed by atoms with Gasteiger partial charge in [0.1, 0.15) is 0 Å². The molecule has 0 unspecified atom stereocenters. The van der Waals surface area contributed by atoms with Crippen molar-refractivity contribution in [2.45, 2.75) is 0 Å². The van der Waals surface area contributed by atoms with Gasteiger partial charge in [-0.05, 0) is 80.4 Å². The Kier molecular flexibility index (Phi) is 9.85. The number of nitrogens with zero attached hydrogens (tertiary/aromatic N) is 4. The van der Waals surface area contributed by atoms with Gasteiger partial charge in [-0.2, -0.15) is 5.26 Å². The minimum atomic E-state index is -2.47. The molecule has 0 atom stereocenters. The molecule has 64 heavy (non-hydrogen) atoms. The predicted octanol–water partition coefficient (Wildman–Crippen LogP) is 11.8. The zero-order valence-electron chi connectivity index (χ0n) is 34.3. The summed E-state index contributed by atoms with van der Waals surface area (Å²) in [6.45, 7) is 8.27. The number of benzene rings is 9. The maximum atomic E-state index is 10.6. The highest BCUT2D eigenvalue weighted by Crippen LogP contribution is 2.47. The van der Waals surface area contributed by atoms with Crippen LogP contribution in [0.4, 0.5) is 5.69 Å². The van der Waals surface area contributed by atoms with Gasteiger partial charge in [-0.15, -0.1) is 0 Å². The van der Waals surface area contributed by atoms with Gasteiger partial charge in [-0.25, -0.2) is 4.85 Å². The standard InChI is InChI=1S/C56H36N4P2S2/c1-58-50-37-56(60-52-29-17-15-27-47(52)49-36-45(31-33-54(49)60)62(64,42-22-10-4-11-23-42)43-24-12-5-13-25-43)55(34-39(50)38-57)59-51-28-16-14-26-46(51)48-35-44(30-32-53(48)59)61(63,40-18-6-2-7-19-40)41-20-8-3-9-21-41/h2-37H. The maximum absolute atomic E-state index is 10.6. The lowest BCUT2D eigenvalue weighted by Crippen LogP contribution is -2.24. The monoisotopic (exact) mass is 890 g/mol. The number of fused-ring (bicyclic) bond motifs is 6. The Morgan fingerprint density at radius 1 is 0.391 bits per heavy atom. The first kappa shape index (κ1) is 39.7. The molecule has 0 aliphatic rings. The number of aromatic nitrogens is 2. The van der Waals surface area contributed by atoms with Crippen LogP contribution in [0.3, 0.4) is 0 Å². The zero-order valence-corrected chi connectivity index (χ0v) is 37.7. The van der Waals surface area contributed by atoms with Crippen molar-refractivity contribution >= 4 is 117 Å². The molecule has 302 valence electrons. The number of para-hydroxylation sites is 2. The van der Waals surface area contributed by atoms with Crippen molar-refractivity contribution in [3.8, 4) is 17.4 Å². The molecule has 11 aromatic rings. The van der Waals surface area contributed by atoms with Gasteiger partial charge >= 0.3 is 0 Å². The van der Waals surface area contributed by atoms with Crippen LogP contribution in [0, 0.1) is 17.9 Å². The largest absolute Gasteiger partial charge is 0.308 e. The molecule has 0 saturated carbocycles. The van der Waals surface area contributed by atoms with Crippen molar-refractivity contribution in [3.63, 3.8) is 0 Å². The fraction of sp³-hybridized carbons (Fsp3) is 0. The Bertz CT molecular complexity index is 3470. The van der Waals surface area contributed by atoms with Crippen molar-refractivity contribution in [3.05, 3.63) is 235 Å². The third-order valence-corrected chi connectivity index (χ3v) is 22.2. The number of nitriles is 1. The highest BCUT2D eigenvalue weighted by Gasteiger charge is 2.29. The van der Waals surface area contributed by atoms with E-state index in [1.165, 1.54) is 0 Å². The molecule has 0 bridgehead atoms. The van der Waals surface area contributed by atoms with Gasteiger partial charge in [-0.1, -0.05) is 193 Å². The van der Waals surface area contributed by atoms with E-state index in [-0.39, 0.29) is 0 Å². The Balaban J connectivity index is 1.19. The molecular formula is C56H36N4P2S2. The van der Waals surface area contributed by atoms with E-state index in [4.69, 9.17) is 30.2 Å². The van der Waals surface area contributed by atoms with Crippen LogP contribution in [0.25, 0.3) is 59.8 Å². The van der Waals surface area contributed by atoms with Crippen LogP contribution in [0.1, 0.15) is 5.56 Å². The topological polar surface area (TPSA) is 38.0 Å².